The highest BCUT2D eigenvalue weighted by atomic mass is 16.1. The first-order valence-electron chi connectivity index (χ1n) is 15.1. The van der Waals surface area contributed by atoms with Gasteiger partial charge in [0.1, 0.15) is 11.6 Å². The summed E-state index contributed by atoms with van der Waals surface area (Å²) < 4.78 is 0. The third-order valence-corrected chi connectivity index (χ3v) is 10.6. The fourth-order valence-electron chi connectivity index (χ4n) is 9.04. The van der Waals surface area contributed by atoms with Crippen molar-refractivity contribution in [3.63, 3.8) is 0 Å². The fourth-order valence-corrected chi connectivity index (χ4v) is 9.04. The molecule has 0 aromatic rings. The zero-order valence-corrected chi connectivity index (χ0v) is 22.1. The molecule has 4 heteroatoms. The molecule has 0 aromatic heterocycles. The van der Waals surface area contributed by atoms with Crippen LogP contribution in [-0.2, 0) is 9.59 Å². The first kappa shape index (κ1) is 24.9. The number of carbonyl (C=O) groups is 2. The maximum Gasteiger partial charge on any atom is 0.141 e. The Morgan fingerprint density at radius 3 is 1.35 bits per heavy atom. The molecule has 4 heterocycles. The van der Waals surface area contributed by atoms with Crippen molar-refractivity contribution in [1.82, 2.24) is 9.80 Å². The van der Waals surface area contributed by atoms with E-state index < -0.39 is 0 Å². The maximum absolute atomic E-state index is 13.3. The number of piperidine rings is 4. The Morgan fingerprint density at radius 1 is 0.529 bits per heavy atom. The molecule has 0 radical (unpaired) electrons. The van der Waals surface area contributed by atoms with E-state index in [1.165, 1.54) is 90.1 Å². The first-order chi connectivity index (χ1) is 16.5. The third kappa shape index (κ3) is 5.05. The average Bonchev–Trinajstić information content (AvgIpc) is 2.82. The number of rotatable bonds is 0. The number of hydrogen-bond donors (Lipinski definition) is 0. The Bertz CT molecular complexity index is 663. The third-order valence-electron chi connectivity index (χ3n) is 10.6. The van der Waals surface area contributed by atoms with Crippen LogP contribution < -0.4 is 0 Å². The summed E-state index contributed by atoms with van der Waals surface area (Å²) in [6.45, 7) is 8.77. The van der Waals surface area contributed by atoms with Crippen LogP contribution in [-0.4, -0.2) is 59.6 Å². The van der Waals surface area contributed by atoms with Crippen molar-refractivity contribution >= 4 is 11.6 Å². The van der Waals surface area contributed by atoms with Crippen LogP contribution in [0.5, 0.6) is 0 Å². The summed E-state index contributed by atoms with van der Waals surface area (Å²) >= 11 is 0. The molecule has 5 aliphatic rings. The molecule has 0 spiro atoms. The summed E-state index contributed by atoms with van der Waals surface area (Å²) in [5, 5.41) is 0. The van der Waals surface area contributed by atoms with E-state index in [0.29, 0.717) is 35.5 Å². The topological polar surface area (TPSA) is 40.6 Å². The zero-order valence-electron chi connectivity index (χ0n) is 22.1. The number of nitrogens with zero attached hydrogens (tertiary/aromatic N) is 2. The van der Waals surface area contributed by atoms with Gasteiger partial charge in [0.2, 0.25) is 0 Å². The highest BCUT2D eigenvalue weighted by Crippen LogP contribution is 2.42. The van der Waals surface area contributed by atoms with Crippen LogP contribution in [0.25, 0.3) is 0 Å². The molecule has 4 aliphatic heterocycles. The lowest BCUT2D eigenvalue weighted by molar-refractivity contribution is -0.138. The Kier molecular flexibility index (Phi) is 8.15. The van der Waals surface area contributed by atoms with Crippen LogP contribution in [0.2, 0.25) is 0 Å². The van der Waals surface area contributed by atoms with Gasteiger partial charge in [-0.1, -0.05) is 52.4 Å². The summed E-state index contributed by atoms with van der Waals surface area (Å²) in [5.41, 5.74) is 0. The molecule has 5 rings (SSSR count). The molecule has 8 unspecified atom stereocenters. The van der Waals surface area contributed by atoms with Gasteiger partial charge in [0.15, 0.2) is 0 Å². The van der Waals surface area contributed by atoms with E-state index >= 15 is 0 Å². The maximum atomic E-state index is 13.3. The fraction of sp³-hybridized carbons (Fsp3) is 0.933. The molecule has 5 fully saturated rings. The predicted molar refractivity (Wildman–Crippen MR) is 138 cm³/mol. The first-order valence-corrected chi connectivity index (χ1v) is 15.1. The molecule has 0 bridgehead atoms. The molecule has 0 aromatic carbocycles. The van der Waals surface area contributed by atoms with Gasteiger partial charge in [-0.3, -0.25) is 19.4 Å². The largest absolute Gasteiger partial charge is 0.299 e. The van der Waals surface area contributed by atoms with Gasteiger partial charge in [-0.15, -0.1) is 0 Å². The Hall–Kier alpha value is -0.740. The average molecular weight is 471 g/mol. The quantitative estimate of drug-likeness (QED) is 0.453. The van der Waals surface area contributed by atoms with Gasteiger partial charge in [0.25, 0.3) is 0 Å². The molecule has 4 saturated heterocycles. The van der Waals surface area contributed by atoms with E-state index in [4.69, 9.17) is 0 Å². The van der Waals surface area contributed by atoms with E-state index in [1.807, 2.05) is 0 Å². The minimum atomic E-state index is 0.224. The van der Waals surface area contributed by atoms with Crippen molar-refractivity contribution in [3.05, 3.63) is 0 Å². The van der Waals surface area contributed by atoms with Gasteiger partial charge >= 0.3 is 0 Å². The summed E-state index contributed by atoms with van der Waals surface area (Å²) in [5.74, 6) is 3.59. The van der Waals surface area contributed by atoms with Gasteiger partial charge in [0, 0.05) is 48.8 Å². The second-order valence-electron chi connectivity index (χ2n) is 12.9. The van der Waals surface area contributed by atoms with E-state index in [1.54, 1.807) is 0 Å². The van der Waals surface area contributed by atoms with Crippen molar-refractivity contribution < 1.29 is 9.59 Å². The highest BCUT2D eigenvalue weighted by Gasteiger charge is 2.46. The Morgan fingerprint density at radius 2 is 0.912 bits per heavy atom. The second kappa shape index (κ2) is 11.1. The van der Waals surface area contributed by atoms with Crippen molar-refractivity contribution in [3.8, 4) is 0 Å². The zero-order chi connectivity index (χ0) is 23.7. The number of Topliss-reactive ketones (excluding diaryl/α,β-unsaturated/α-hetero) is 2. The molecule has 1 aliphatic carbocycles. The Labute approximate surface area is 208 Å². The normalized spacial score (nSPS) is 43.7. The van der Waals surface area contributed by atoms with Crippen LogP contribution in [0.15, 0.2) is 0 Å². The summed E-state index contributed by atoms with van der Waals surface area (Å²) in [4.78, 5) is 32.1. The van der Waals surface area contributed by atoms with E-state index in [2.05, 4.69) is 23.6 Å². The van der Waals surface area contributed by atoms with Crippen LogP contribution >= 0.6 is 0 Å². The minimum absolute atomic E-state index is 0.224. The van der Waals surface area contributed by atoms with Crippen molar-refractivity contribution in [1.29, 1.82) is 0 Å². The molecular weight excluding hydrogens is 420 g/mol. The van der Waals surface area contributed by atoms with Crippen molar-refractivity contribution in [2.45, 2.75) is 116 Å². The van der Waals surface area contributed by atoms with Crippen molar-refractivity contribution in [2.75, 3.05) is 26.2 Å². The van der Waals surface area contributed by atoms with Crippen LogP contribution in [0.1, 0.15) is 104 Å². The van der Waals surface area contributed by atoms with Crippen molar-refractivity contribution in [2.24, 2.45) is 35.5 Å². The molecule has 0 N–H and O–H groups in total. The van der Waals surface area contributed by atoms with Crippen LogP contribution in [0.4, 0.5) is 0 Å². The number of carbonyl (C=O) groups excluding carboxylic acids is 2. The highest BCUT2D eigenvalue weighted by molar-refractivity contribution is 5.85. The van der Waals surface area contributed by atoms with E-state index in [0.717, 1.165) is 25.9 Å². The van der Waals surface area contributed by atoms with Gasteiger partial charge in [-0.2, -0.15) is 0 Å². The number of ketones is 2. The molecular formula is C30H50N2O2. The standard InChI is InChI=1S/C30H50N2O2/c1-21-19-31-17-9-13-23-11-6-4-8-16-26-28-24(14-10-18-32(28)20-22(2)30(26)34)12-5-3-7-15-25(27(23)31)29(21)33/h21-28H,3-20H2,1-2H3. The molecule has 192 valence electrons. The minimum Gasteiger partial charge on any atom is -0.299 e. The van der Waals surface area contributed by atoms with Gasteiger partial charge < -0.3 is 0 Å². The summed E-state index contributed by atoms with van der Waals surface area (Å²) in [6.07, 6.45) is 17.5. The second-order valence-corrected chi connectivity index (χ2v) is 12.9. The molecule has 8 atom stereocenters. The summed E-state index contributed by atoms with van der Waals surface area (Å²) in [6, 6.07) is 1.03. The van der Waals surface area contributed by atoms with Gasteiger partial charge in [-0.05, 0) is 76.3 Å². The lowest BCUT2D eigenvalue weighted by Gasteiger charge is -2.50. The lowest BCUT2D eigenvalue weighted by Crippen LogP contribution is -2.58. The number of hydrogen-bond acceptors (Lipinski definition) is 4. The Balaban J connectivity index is 1.31. The molecule has 4 nitrogen and oxygen atoms in total. The molecule has 1 saturated carbocycles. The smallest absolute Gasteiger partial charge is 0.141 e. The molecule has 0 amide bonds. The van der Waals surface area contributed by atoms with Crippen LogP contribution in [0, 0.1) is 35.5 Å². The lowest BCUT2D eigenvalue weighted by atomic mass is 9.69. The van der Waals surface area contributed by atoms with Gasteiger partial charge in [0.05, 0.1) is 0 Å². The van der Waals surface area contributed by atoms with E-state index in [9.17, 15) is 9.59 Å². The van der Waals surface area contributed by atoms with E-state index in [-0.39, 0.29) is 23.7 Å². The summed E-state index contributed by atoms with van der Waals surface area (Å²) in [7, 11) is 0. The SMILES string of the molecule is CC1CN2CCCC3CCCCCC4C(=O)C(C)CN5CCCC(CCCCCC(C1=O)C32)C45. The monoisotopic (exact) mass is 470 g/mol. The van der Waals surface area contributed by atoms with Crippen LogP contribution in [0.3, 0.4) is 0 Å². The predicted octanol–water partition coefficient (Wildman–Crippen LogP) is 5.73. The molecule has 34 heavy (non-hydrogen) atoms. The van der Waals surface area contributed by atoms with Gasteiger partial charge in [-0.25, -0.2) is 0 Å².